The Bertz CT molecular complexity index is 499. The molecule has 0 aromatic carbocycles. The molecule has 2 fully saturated rings. The van der Waals surface area contributed by atoms with Crippen LogP contribution in [0.2, 0.25) is 0 Å². The van der Waals surface area contributed by atoms with Crippen molar-refractivity contribution in [1.82, 2.24) is 9.80 Å². The van der Waals surface area contributed by atoms with Crippen LogP contribution < -0.4 is 0 Å². The monoisotopic (exact) mass is 354 g/mol. The second kappa shape index (κ2) is 8.31. The number of hydrogen-bond donors (Lipinski definition) is 0. The molecule has 0 unspecified atom stereocenters. The van der Waals surface area contributed by atoms with Gasteiger partial charge >= 0.3 is 11.9 Å². The van der Waals surface area contributed by atoms with Crippen LogP contribution in [0.4, 0.5) is 0 Å². The van der Waals surface area contributed by atoms with Crippen molar-refractivity contribution in [2.75, 3.05) is 26.6 Å². The van der Waals surface area contributed by atoms with Crippen LogP contribution in [0.15, 0.2) is 0 Å². The normalized spacial score (nSPS) is 18.0. The second-order valence-corrected chi connectivity index (χ2v) is 6.43. The van der Waals surface area contributed by atoms with Gasteiger partial charge in [-0.1, -0.05) is 13.8 Å². The van der Waals surface area contributed by atoms with Crippen molar-refractivity contribution in [3.8, 4) is 0 Å². The van der Waals surface area contributed by atoms with Crippen LogP contribution in [0.3, 0.4) is 0 Å². The quantitative estimate of drug-likeness (QED) is 0.478. The molecule has 25 heavy (non-hydrogen) atoms. The van der Waals surface area contributed by atoms with Crippen molar-refractivity contribution in [3.05, 3.63) is 0 Å². The summed E-state index contributed by atoms with van der Waals surface area (Å²) in [5, 5.41) is 0. The van der Waals surface area contributed by atoms with Crippen LogP contribution in [0.1, 0.15) is 52.4 Å². The van der Waals surface area contributed by atoms with E-state index in [0.717, 1.165) is 12.8 Å². The summed E-state index contributed by atoms with van der Waals surface area (Å²) in [7, 11) is 0. The molecule has 8 heteroatoms. The molecule has 0 aliphatic carbocycles. The average Bonchev–Trinajstić information content (AvgIpc) is 3.20. The van der Waals surface area contributed by atoms with E-state index in [9.17, 15) is 19.2 Å². The Hall–Kier alpha value is -2.12. The molecule has 8 nitrogen and oxygen atoms in total. The molecule has 140 valence electrons. The van der Waals surface area contributed by atoms with Crippen molar-refractivity contribution >= 4 is 23.8 Å². The highest BCUT2D eigenvalue weighted by molar-refractivity contribution is 6.00. The number of carbonyl (C=O) groups excluding carboxylic acids is 4. The molecule has 0 aromatic rings. The van der Waals surface area contributed by atoms with Gasteiger partial charge in [-0.05, 0) is 25.7 Å². The molecule has 2 heterocycles. The first-order valence-corrected chi connectivity index (χ1v) is 8.84. The van der Waals surface area contributed by atoms with Crippen LogP contribution in [0.25, 0.3) is 0 Å². The topological polar surface area (TPSA) is 93.2 Å². The third kappa shape index (κ3) is 4.11. The van der Waals surface area contributed by atoms with Crippen molar-refractivity contribution < 1.29 is 28.7 Å². The maximum absolute atomic E-state index is 12.6. The lowest BCUT2D eigenvalue weighted by atomic mass is 9.82. The Morgan fingerprint density at radius 3 is 1.56 bits per heavy atom. The van der Waals surface area contributed by atoms with E-state index in [2.05, 4.69) is 0 Å². The number of ether oxygens (including phenoxy) is 2. The molecule has 2 aliphatic heterocycles. The van der Waals surface area contributed by atoms with E-state index >= 15 is 0 Å². The van der Waals surface area contributed by atoms with E-state index in [0.29, 0.717) is 25.9 Å². The minimum Gasteiger partial charge on any atom is -0.443 e. The van der Waals surface area contributed by atoms with E-state index < -0.39 is 17.4 Å². The largest absolute Gasteiger partial charge is 0.443 e. The molecule has 0 spiro atoms. The van der Waals surface area contributed by atoms with Crippen molar-refractivity contribution in [2.45, 2.75) is 52.4 Å². The standard InChI is InChI=1S/C17H26N2O6/c1-3-17(4-2,15(22)24-11-18-9-5-7-13(18)20)16(23)25-12-19-10-6-8-14(19)21/h3-12H2,1-2H3. The van der Waals surface area contributed by atoms with Gasteiger partial charge in [0.15, 0.2) is 18.9 Å². The lowest BCUT2D eigenvalue weighted by Crippen LogP contribution is -2.44. The Labute approximate surface area is 147 Å². The van der Waals surface area contributed by atoms with Crippen LogP contribution in [-0.4, -0.2) is 60.1 Å². The number of nitrogens with zero attached hydrogens (tertiary/aromatic N) is 2. The third-order valence-electron chi connectivity index (χ3n) is 5.03. The Balaban J connectivity index is 1.94. The SMILES string of the molecule is CCC(CC)(C(=O)OCN1CCCC1=O)C(=O)OCN1CCCC1=O. The van der Waals surface area contributed by atoms with E-state index in [1.807, 2.05) is 0 Å². The van der Waals surface area contributed by atoms with Gasteiger partial charge in [0, 0.05) is 25.9 Å². The van der Waals surface area contributed by atoms with Crippen LogP contribution >= 0.6 is 0 Å². The second-order valence-electron chi connectivity index (χ2n) is 6.43. The maximum Gasteiger partial charge on any atom is 0.325 e. The molecule has 0 radical (unpaired) electrons. The van der Waals surface area contributed by atoms with E-state index in [1.54, 1.807) is 13.8 Å². The molecule has 0 saturated carbocycles. The number of amides is 2. The maximum atomic E-state index is 12.6. The lowest BCUT2D eigenvalue weighted by Gasteiger charge is -2.29. The predicted molar refractivity (Wildman–Crippen MR) is 86.8 cm³/mol. The van der Waals surface area contributed by atoms with Gasteiger partial charge in [-0.3, -0.25) is 19.2 Å². The fourth-order valence-corrected chi connectivity index (χ4v) is 3.14. The van der Waals surface area contributed by atoms with Gasteiger partial charge in [0.1, 0.15) is 0 Å². The number of esters is 2. The summed E-state index contributed by atoms with van der Waals surface area (Å²) in [5.41, 5.74) is -1.41. The van der Waals surface area contributed by atoms with Gasteiger partial charge < -0.3 is 19.3 Å². The van der Waals surface area contributed by atoms with Crippen LogP contribution in [0, 0.1) is 5.41 Å². The van der Waals surface area contributed by atoms with E-state index in [1.165, 1.54) is 9.80 Å². The molecule has 2 saturated heterocycles. The Morgan fingerprint density at radius 1 is 0.880 bits per heavy atom. The highest BCUT2D eigenvalue weighted by atomic mass is 16.6. The smallest absolute Gasteiger partial charge is 0.325 e. The summed E-state index contributed by atoms with van der Waals surface area (Å²) in [6.07, 6.45) is 2.85. The summed E-state index contributed by atoms with van der Waals surface area (Å²) in [6.45, 7) is 4.26. The molecule has 0 atom stereocenters. The number of carbonyl (C=O) groups is 4. The first-order chi connectivity index (χ1) is 11.9. The lowest BCUT2D eigenvalue weighted by molar-refractivity contribution is -0.178. The summed E-state index contributed by atoms with van der Waals surface area (Å²) in [4.78, 5) is 51.2. The van der Waals surface area contributed by atoms with E-state index in [-0.39, 0.29) is 38.1 Å². The fourth-order valence-electron chi connectivity index (χ4n) is 3.14. The molecule has 0 bridgehead atoms. The molecule has 2 aliphatic rings. The van der Waals surface area contributed by atoms with Gasteiger partial charge in [-0.2, -0.15) is 0 Å². The zero-order valence-corrected chi connectivity index (χ0v) is 14.9. The van der Waals surface area contributed by atoms with Crippen LogP contribution in [0.5, 0.6) is 0 Å². The highest BCUT2D eigenvalue weighted by Crippen LogP contribution is 2.30. The van der Waals surface area contributed by atoms with Gasteiger partial charge in [-0.25, -0.2) is 0 Å². The summed E-state index contributed by atoms with van der Waals surface area (Å²) >= 11 is 0. The minimum absolute atomic E-state index is 0.0541. The van der Waals surface area contributed by atoms with Crippen molar-refractivity contribution in [2.24, 2.45) is 5.41 Å². The average molecular weight is 354 g/mol. The predicted octanol–water partition coefficient (Wildman–Crippen LogP) is 1.04. The minimum atomic E-state index is -1.41. The molecular formula is C17H26N2O6. The van der Waals surface area contributed by atoms with Crippen molar-refractivity contribution in [3.63, 3.8) is 0 Å². The van der Waals surface area contributed by atoms with Gasteiger partial charge in [0.2, 0.25) is 11.8 Å². The first kappa shape index (κ1) is 19.2. The van der Waals surface area contributed by atoms with Gasteiger partial charge in [0.25, 0.3) is 0 Å². The molecule has 0 aromatic heterocycles. The summed E-state index contributed by atoms with van der Waals surface area (Å²) < 4.78 is 10.5. The Morgan fingerprint density at radius 2 is 1.28 bits per heavy atom. The first-order valence-electron chi connectivity index (χ1n) is 8.84. The molecule has 2 rings (SSSR count). The van der Waals surface area contributed by atoms with E-state index in [4.69, 9.17) is 9.47 Å². The number of likely N-dealkylation sites (tertiary alicyclic amines) is 2. The summed E-state index contributed by atoms with van der Waals surface area (Å²) in [5.74, 6) is -1.48. The fraction of sp³-hybridized carbons (Fsp3) is 0.765. The Kier molecular flexibility index (Phi) is 6.39. The number of hydrogen-bond acceptors (Lipinski definition) is 6. The van der Waals surface area contributed by atoms with Crippen molar-refractivity contribution in [1.29, 1.82) is 0 Å². The molecule has 2 amide bonds. The van der Waals surface area contributed by atoms with Crippen LogP contribution in [-0.2, 0) is 28.7 Å². The zero-order valence-electron chi connectivity index (χ0n) is 14.9. The zero-order chi connectivity index (χ0) is 18.4. The number of rotatable bonds is 8. The van der Waals surface area contributed by atoms with Gasteiger partial charge in [-0.15, -0.1) is 0 Å². The molecule has 0 N–H and O–H groups in total. The summed E-state index contributed by atoms with van der Waals surface area (Å²) in [6, 6.07) is 0. The van der Waals surface area contributed by atoms with Gasteiger partial charge in [0.05, 0.1) is 0 Å². The third-order valence-corrected chi connectivity index (χ3v) is 5.03. The molecular weight excluding hydrogens is 328 g/mol. The highest BCUT2D eigenvalue weighted by Gasteiger charge is 2.46.